The van der Waals surface area contributed by atoms with Crippen LogP contribution in [0.25, 0.3) is 5.65 Å². The van der Waals surface area contributed by atoms with Gasteiger partial charge in [-0.2, -0.15) is 0 Å². The molecular formula is C21H31IN6O. The number of nitrogens with zero attached hydrogens (tertiary/aromatic N) is 4. The second-order valence-electron chi connectivity index (χ2n) is 6.91. The molecule has 0 saturated carbocycles. The van der Waals surface area contributed by atoms with Gasteiger partial charge < -0.3 is 19.6 Å². The number of halogens is 1. The maximum absolute atomic E-state index is 5.48. The highest BCUT2D eigenvalue weighted by atomic mass is 127. The van der Waals surface area contributed by atoms with Gasteiger partial charge in [0.2, 0.25) is 0 Å². The van der Waals surface area contributed by atoms with Gasteiger partial charge in [-0.15, -0.1) is 24.0 Å². The lowest BCUT2D eigenvalue weighted by Gasteiger charge is -2.09. The van der Waals surface area contributed by atoms with E-state index in [1.165, 1.54) is 0 Å². The number of pyridine rings is 1. The van der Waals surface area contributed by atoms with Gasteiger partial charge in [-0.3, -0.25) is 0 Å². The normalized spacial score (nSPS) is 11.7. The Morgan fingerprint density at radius 1 is 1.21 bits per heavy atom. The molecule has 3 rings (SSSR count). The van der Waals surface area contributed by atoms with Crippen LogP contribution in [0.4, 0.5) is 0 Å². The fourth-order valence-corrected chi connectivity index (χ4v) is 3.26. The summed E-state index contributed by atoms with van der Waals surface area (Å²) >= 11 is 0. The lowest BCUT2D eigenvalue weighted by molar-refractivity contribution is 0.368. The van der Waals surface area contributed by atoms with Crippen LogP contribution < -0.4 is 10.6 Å². The van der Waals surface area contributed by atoms with Crippen molar-refractivity contribution in [1.29, 1.82) is 0 Å². The highest BCUT2D eigenvalue weighted by molar-refractivity contribution is 14.0. The van der Waals surface area contributed by atoms with Crippen molar-refractivity contribution in [2.24, 2.45) is 4.99 Å². The van der Waals surface area contributed by atoms with Gasteiger partial charge in [0.05, 0.1) is 24.5 Å². The Balaban J connectivity index is 0.00000300. The third-order valence-electron chi connectivity index (χ3n) is 4.90. The minimum atomic E-state index is 0. The molecule has 0 aliphatic carbocycles. The van der Waals surface area contributed by atoms with Gasteiger partial charge in [-0.1, -0.05) is 25.1 Å². The van der Waals surface area contributed by atoms with E-state index < -0.39 is 0 Å². The SMILES string of the molecule is CCNC(=NCc1cn2c(C)cccc2n1)NCc1cc(C(CC)CC)no1.I. The molecule has 0 amide bonds. The molecule has 8 heteroatoms. The monoisotopic (exact) mass is 510 g/mol. The first kappa shape index (κ1) is 23.2. The van der Waals surface area contributed by atoms with E-state index in [4.69, 9.17) is 4.52 Å². The lowest BCUT2D eigenvalue weighted by atomic mass is 9.99. The smallest absolute Gasteiger partial charge is 0.192 e. The Labute approximate surface area is 189 Å². The number of hydrogen-bond donors (Lipinski definition) is 2. The highest BCUT2D eigenvalue weighted by Crippen LogP contribution is 2.22. The summed E-state index contributed by atoms with van der Waals surface area (Å²) in [4.78, 5) is 9.29. The van der Waals surface area contributed by atoms with Gasteiger partial charge in [0.25, 0.3) is 0 Å². The van der Waals surface area contributed by atoms with E-state index >= 15 is 0 Å². The number of aliphatic imine (C=N–C) groups is 1. The van der Waals surface area contributed by atoms with Crippen LogP contribution in [-0.4, -0.2) is 27.0 Å². The Morgan fingerprint density at radius 2 is 2.00 bits per heavy atom. The fraction of sp³-hybridized carbons (Fsp3) is 0.476. The summed E-state index contributed by atoms with van der Waals surface area (Å²) in [6, 6.07) is 8.13. The van der Waals surface area contributed by atoms with Gasteiger partial charge in [-0.05, 0) is 38.8 Å². The van der Waals surface area contributed by atoms with E-state index in [1.807, 2.05) is 31.3 Å². The molecule has 2 N–H and O–H groups in total. The van der Waals surface area contributed by atoms with Crippen LogP contribution in [0, 0.1) is 6.92 Å². The minimum absolute atomic E-state index is 0. The predicted molar refractivity (Wildman–Crippen MR) is 127 cm³/mol. The molecule has 0 aliphatic heterocycles. The molecule has 0 aromatic carbocycles. The fourth-order valence-electron chi connectivity index (χ4n) is 3.26. The molecule has 3 aromatic heterocycles. The Hall–Kier alpha value is -2.10. The van der Waals surface area contributed by atoms with Crippen molar-refractivity contribution >= 4 is 35.6 Å². The largest absolute Gasteiger partial charge is 0.359 e. The molecule has 0 aliphatic rings. The minimum Gasteiger partial charge on any atom is -0.359 e. The summed E-state index contributed by atoms with van der Waals surface area (Å²) in [5.41, 5.74) is 4.06. The third-order valence-corrected chi connectivity index (χ3v) is 4.90. The second-order valence-corrected chi connectivity index (χ2v) is 6.91. The molecular weight excluding hydrogens is 479 g/mol. The Morgan fingerprint density at radius 3 is 2.69 bits per heavy atom. The van der Waals surface area contributed by atoms with E-state index in [0.29, 0.717) is 19.0 Å². The van der Waals surface area contributed by atoms with Crippen LogP contribution in [0.2, 0.25) is 0 Å². The number of hydrogen-bond acceptors (Lipinski definition) is 4. The topological polar surface area (TPSA) is 79.8 Å². The van der Waals surface area contributed by atoms with Crippen LogP contribution in [-0.2, 0) is 13.1 Å². The van der Waals surface area contributed by atoms with Crippen molar-refractivity contribution in [2.75, 3.05) is 6.54 Å². The van der Waals surface area contributed by atoms with Gasteiger partial charge in [-0.25, -0.2) is 9.98 Å². The quantitative estimate of drug-likeness (QED) is 0.267. The van der Waals surface area contributed by atoms with Gasteiger partial charge in [0, 0.05) is 30.4 Å². The maximum Gasteiger partial charge on any atom is 0.192 e. The summed E-state index contributed by atoms with van der Waals surface area (Å²) in [5.74, 6) is 2.01. The number of imidazole rings is 1. The van der Waals surface area contributed by atoms with Crippen molar-refractivity contribution in [1.82, 2.24) is 25.2 Å². The Kier molecular flexibility index (Phi) is 8.94. The van der Waals surface area contributed by atoms with E-state index in [9.17, 15) is 0 Å². The molecule has 0 radical (unpaired) electrons. The van der Waals surface area contributed by atoms with E-state index in [0.717, 1.165) is 53.8 Å². The summed E-state index contributed by atoms with van der Waals surface area (Å²) in [6.45, 7) is 10.3. The van der Waals surface area contributed by atoms with Crippen molar-refractivity contribution in [3.05, 3.63) is 53.3 Å². The molecule has 158 valence electrons. The van der Waals surface area contributed by atoms with Gasteiger partial charge in [0.15, 0.2) is 11.7 Å². The Bertz CT molecular complexity index is 928. The number of rotatable bonds is 8. The summed E-state index contributed by atoms with van der Waals surface area (Å²) in [5, 5.41) is 10.8. The summed E-state index contributed by atoms with van der Waals surface area (Å²) in [7, 11) is 0. The van der Waals surface area contributed by atoms with E-state index in [-0.39, 0.29) is 24.0 Å². The maximum atomic E-state index is 5.48. The molecule has 7 nitrogen and oxygen atoms in total. The average Bonchev–Trinajstić information content (AvgIpc) is 3.33. The van der Waals surface area contributed by atoms with E-state index in [1.54, 1.807) is 0 Å². The molecule has 0 fully saturated rings. The highest BCUT2D eigenvalue weighted by Gasteiger charge is 2.13. The van der Waals surface area contributed by atoms with Crippen LogP contribution >= 0.6 is 24.0 Å². The number of fused-ring (bicyclic) bond motifs is 1. The van der Waals surface area contributed by atoms with Gasteiger partial charge in [0.1, 0.15) is 5.65 Å². The van der Waals surface area contributed by atoms with Crippen molar-refractivity contribution in [2.45, 2.75) is 59.5 Å². The molecule has 3 heterocycles. The summed E-state index contributed by atoms with van der Waals surface area (Å²) < 4.78 is 7.57. The molecule has 0 atom stereocenters. The summed E-state index contributed by atoms with van der Waals surface area (Å²) in [6.07, 6.45) is 4.17. The molecule has 0 spiro atoms. The van der Waals surface area contributed by atoms with Crippen LogP contribution in [0.15, 0.2) is 40.0 Å². The molecule has 0 saturated heterocycles. The first-order valence-corrected chi connectivity index (χ1v) is 10.1. The molecule has 0 unspecified atom stereocenters. The van der Waals surface area contributed by atoms with E-state index in [2.05, 4.69) is 57.0 Å². The zero-order valence-corrected chi connectivity index (χ0v) is 19.9. The molecule has 3 aromatic rings. The molecule has 0 bridgehead atoms. The first-order chi connectivity index (χ1) is 13.6. The average molecular weight is 510 g/mol. The van der Waals surface area contributed by atoms with Crippen molar-refractivity contribution < 1.29 is 4.52 Å². The molecule has 29 heavy (non-hydrogen) atoms. The standard InChI is InChI=1S/C21H30N6O.HI/c1-5-16(6-2)19-11-18(28-26-19)13-24-21(22-7-3)23-12-17-14-27-15(4)9-8-10-20(27)25-17;/h8-11,14,16H,5-7,12-13H2,1-4H3,(H2,22,23,24);1H. The number of nitrogens with one attached hydrogen (secondary N) is 2. The number of aryl methyl sites for hydroxylation is 1. The van der Waals surface area contributed by atoms with Crippen LogP contribution in [0.5, 0.6) is 0 Å². The van der Waals surface area contributed by atoms with Gasteiger partial charge >= 0.3 is 0 Å². The van der Waals surface area contributed by atoms with Crippen molar-refractivity contribution in [3.8, 4) is 0 Å². The number of aromatic nitrogens is 3. The van der Waals surface area contributed by atoms with Crippen molar-refractivity contribution in [3.63, 3.8) is 0 Å². The zero-order chi connectivity index (χ0) is 19.9. The number of guanidine groups is 1. The van der Waals surface area contributed by atoms with Crippen LogP contribution in [0.3, 0.4) is 0 Å². The second kappa shape index (κ2) is 11.2. The third kappa shape index (κ3) is 5.94. The first-order valence-electron chi connectivity index (χ1n) is 10.1. The predicted octanol–water partition coefficient (Wildman–Crippen LogP) is 4.41. The van der Waals surface area contributed by atoms with Crippen LogP contribution in [0.1, 0.15) is 62.4 Å². The zero-order valence-electron chi connectivity index (χ0n) is 17.6. The lowest BCUT2D eigenvalue weighted by Crippen LogP contribution is -2.36.